The van der Waals surface area contributed by atoms with E-state index in [0.29, 0.717) is 36.6 Å². The zero-order valence-corrected chi connectivity index (χ0v) is 18.2. The Balaban J connectivity index is 1.48. The minimum Gasteiger partial charge on any atom is -0.481 e. The van der Waals surface area contributed by atoms with Crippen molar-refractivity contribution in [3.05, 3.63) is 82.5 Å². The molecule has 1 aliphatic carbocycles. The molecule has 2 N–H and O–H groups in total. The summed E-state index contributed by atoms with van der Waals surface area (Å²) in [6.45, 7) is 0. The van der Waals surface area contributed by atoms with Gasteiger partial charge in [0.05, 0.1) is 22.4 Å². The molecule has 5 rings (SSSR count). The molecule has 2 aromatic heterocycles. The Kier molecular flexibility index (Phi) is 5.57. The van der Waals surface area contributed by atoms with Crippen molar-refractivity contribution in [2.75, 3.05) is 0 Å². The van der Waals surface area contributed by atoms with Crippen LogP contribution in [0.1, 0.15) is 36.0 Å². The molecule has 0 saturated heterocycles. The van der Waals surface area contributed by atoms with Gasteiger partial charge in [0, 0.05) is 12.2 Å². The Hall–Kier alpha value is -4.07. The lowest BCUT2D eigenvalue weighted by Gasteiger charge is -2.26. The highest BCUT2D eigenvalue weighted by Gasteiger charge is 2.27. The van der Waals surface area contributed by atoms with Crippen LogP contribution in [0, 0.1) is 11.7 Å². The van der Waals surface area contributed by atoms with E-state index in [9.17, 15) is 18.8 Å². The number of carboxylic acid groups (broad SMARTS) is 1. The van der Waals surface area contributed by atoms with Gasteiger partial charge in [0.2, 0.25) is 0 Å². The molecule has 0 bridgehead atoms. The van der Waals surface area contributed by atoms with Gasteiger partial charge >= 0.3 is 5.97 Å². The lowest BCUT2D eigenvalue weighted by molar-refractivity contribution is -0.142. The van der Waals surface area contributed by atoms with Gasteiger partial charge in [-0.1, -0.05) is 18.2 Å². The molecule has 172 valence electrons. The number of pyridine rings is 1. The lowest BCUT2D eigenvalue weighted by atomic mass is 9.86. The van der Waals surface area contributed by atoms with Crippen LogP contribution in [0.4, 0.5) is 4.39 Å². The van der Waals surface area contributed by atoms with Crippen LogP contribution in [-0.4, -0.2) is 32.4 Å². The van der Waals surface area contributed by atoms with Gasteiger partial charge in [0.1, 0.15) is 5.82 Å². The van der Waals surface area contributed by atoms with Crippen LogP contribution in [0.3, 0.4) is 0 Å². The molecule has 0 atom stereocenters. The minimum absolute atomic E-state index is 0.117. The molecule has 0 spiro atoms. The Bertz CT molecular complexity index is 1470. The highest BCUT2D eigenvalue weighted by molar-refractivity contribution is 6.01. The fraction of sp³-hybridized carbons (Fsp3) is 0.231. The van der Waals surface area contributed by atoms with Crippen LogP contribution in [0.2, 0.25) is 0 Å². The molecular weight excluding hydrogens is 437 g/mol. The third-order valence-corrected chi connectivity index (χ3v) is 6.47. The van der Waals surface area contributed by atoms with Crippen molar-refractivity contribution < 1.29 is 19.1 Å². The van der Waals surface area contributed by atoms with Crippen LogP contribution < -0.4 is 10.9 Å². The molecule has 1 saturated carbocycles. The second kappa shape index (κ2) is 8.70. The Labute approximate surface area is 193 Å². The van der Waals surface area contributed by atoms with Crippen molar-refractivity contribution in [1.29, 1.82) is 0 Å². The van der Waals surface area contributed by atoms with E-state index < -0.39 is 5.97 Å². The molecule has 0 radical (unpaired) electrons. The van der Waals surface area contributed by atoms with Gasteiger partial charge in [-0.15, -0.1) is 0 Å². The van der Waals surface area contributed by atoms with Crippen LogP contribution in [0.5, 0.6) is 0 Å². The van der Waals surface area contributed by atoms with Gasteiger partial charge in [0.25, 0.3) is 11.5 Å². The summed E-state index contributed by atoms with van der Waals surface area (Å²) in [4.78, 5) is 42.1. The first kappa shape index (κ1) is 21.8. The van der Waals surface area contributed by atoms with Crippen LogP contribution >= 0.6 is 0 Å². The van der Waals surface area contributed by atoms with Crippen LogP contribution in [0.25, 0.3) is 27.7 Å². The number of benzene rings is 2. The maximum absolute atomic E-state index is 13.3. The minimum atomic E-state index is -0.795. The van der Waals surface area contributed by atoms with Crippen LogP contribution in [0.15, 0.2) is 65.6 Å². The highest BCUT2D eigenvalue weighted by atomic mass is 19.1. The van der Waals surface area contributed by atoms with E-state index in [0.717, 1.165) is 11.1 Å². The first-order valence-corrected chi connectivity index (χ1v) is 11.2. The van der Waals surface area contributed by atoms with E-state index in [4.69, 9.17) is 5.11 Å². The number of carboxylic acids is 1. The van der Waals surface area contributed by atoms with Crippen molar-refractivity contribution in [1.82, 2.24) is 14.7 Å². The predicted molar refractivity (Wildman–Crippen MR) is 125 cm³/mol. The molecule has 8 heteroatoms. The average molecular weight is 459 g/mol. The molecule has 2 aromatic carbocycles. The molecule has 2 heterocycles. The molecule has 0 aliphatic heterocycles. The first-order chi connectivity index (χ1) is 16.4. The van der Waals surface area contributed by atoms with Crippen molar-refractivity contribution >= 4 is 28.4 Å². The SMILES string of the molecule is O=C(NC1CCC(C(=O)O)CC1)c1cccn2c(=O)c3cc(-c4ccc(F)cc4)ccc3nc12. The standard InChI is InChI=1S/C26H22FN3O4/c27-18-8-3-15(4-9-18)17-7-12-22-21(14-17)25(32)30-13-1-2-20(23(30)29-22)24(31)28-19-10-5-16(6-11-19)26(33)34/h1-4,7-9,12-14,16,19H,5-6,10-11H2,(H,28,31)(H,33,34). The molecule has 1 amide bonds. The number of rotatable bonds is 4. The molecular formula is C26H22FN3O4. The number of hydrogen-bond acceptors (Lipinski definition) is 4. The first-order valence-electron chi connectivity index (χ1n) is 11.2. The third-order valence-electron chi connectivity index (χ3n) is 6.47. The normalized spacial score (nSPS) is 18.1. The Morgan fingerprint density at radius 1 is 1.00 bits per heavy atom. The Morgan fingerprint density at radius 3 is 2.41 bits per heavy atom. The molecule has 1 aliphatic rings. The highest BCUT2D eigenvalue weighted by Crippen LogP contribution is 2.26. The zero-order valence-electron chi connectivity index (χ0n) is 18.2. The third kappa shape index (κ3) is 4.03. The number of amides is 1. The molecule has 0 unspecified atom stereocenters. The van der Waals surface area contributed by atoms with Crippen LogP contribution in [-0.2, 0) is 4.79 Å². The lowest BCUT2D eigenvalue weighted by Crippen LogP contribution is -2.39. The maximum atomic E-state index is 13.3. The number of fused-ring (bicyclic) bond motifs is 2. The number of nitrogens with one attached hydrogen (secondary N) is 1. The van der Waals surface area contributed by atoms with E-state index in [2.05, 4.69) is 10.3 Å². The topological polar surface area (TPSA) is 101 Å². The summed E-state index contributed by atoms with van der Waals surface area (Å²) >= 11 is 0. The molecule has 4 aromatic rings. The van der Waals surface area contributed by atoms with Gasteiger partial charge in [-0.25, -0.2) is 9.37 Å². The quantitative estimate of drug-likeness (QED) is 0.449. The van der Waals surface area contributed by atoms with E-state index in [-0.39, 0.29) is 40.5 Å². The summed E-state index contributed by atoms with van der Waals surface area (Å²) in [5.41, 5.74) is 2.23. The number of nitrogens with zero attached hydrogens (tertiary/aromatic N) is 2. The predicted octanol–water partition coefficient (Wildman–Crippen LogP) is 4.03. The molecule has 1 fully saturated rings. The summed E-state index contributed by atoms with van der Waals surface area (Å²) in [7, 11) is 0. The van der Waals surface area contributed by atoms with E-state index >= 15 is 0 Å². The van der Waals surface area contributed by atoms with Crippen molar-refractivity contribution in [3.63, 3.8) is 0 Å². The van der Waals surface area contributed by atoms with Crippen molar-refractivity contribution in [3.8, 4) is 11.1 Å². The maximum Gasteiger partial charge on any atom is 0.306 e. The van der Waals surface area contributed by atoms with E-state index in [1.165, 1.54) is 16.5 Å². The number of aromatic nitrogens is 2. The smallest absolute Gasteiger partial charge is 0.306 e. The average Bonchev–Trinajstić information content (AvgIpc) is 2.84. The summed E-state index contributed by atoms with van der Waals surface area (Å²) in [5.74, 6) is -1.84. The van der Waals surface area contributed by atoms with E-state index in [1.807, 2.05) is 6.07 Å². The fourth-order valence-electron chi connectivity index (χ4n) is 4.57. The zero-order chi connectivity index (χ0) is 23.8. The van der Waals surface area contributed by atoms with Gasteiger partial charge in [-0.3, -0.25) is 18.8 Å². The number of aliphatic carboxylic acids is 1. The Morgan fingerprint density at radius 2 is 1.71 bits per heavy atom. The second-order valence-corrected chi connectivity index (χ2v) is 8.63. The molecule has 7 nitrogen and oxygen atoms in total. The second-order valence-electron chi connectivity index (χ2n) is 8.63. The van der Waals surface area contributed by atoms with Gasteiger partial charge in [0.15, 0.2) is 5.65 Å². The summed E-state index contributed by atoms with van der Waals surface area (Å²) < 4.78 is 14.6. The van der Waals surface area contributed by atoms with Gasteiger partial charge in [-0.2, -0.15) is 0 Å². The number of hydrogen-bond donors (Lipinski definition) is 2. The largest absolute Gasteiger partial charge is 0.481 e. The number of carbonyl (C=O) groups is 2. The van der Waals surface area contributed by atoms with E-state index in [1.54, 1.807) is 42.6 Å². The van der Waals surface area contributed by atoms with Gasteiger partial charge in [-0.05, 0) is 73.2 Å². The number of halogens is 1. The van der Waals surface area contributed by atoms with Crippen molar-refractivity contribution in [2.45, 2.75) is 31.7 Å². The molecule has 34 heavy (non-hydrogen) atoms. The number of carbonyl (C=O) groups excluding carboxylic acids is 1. The fourth-order valence-corrected chi connectivity index (χ4v) is 4.57. The van der Waals surface area contributed by atoms with Crippen molar-refractivity contribution in [2.24, 2.45) is 5.92 Å². The monoisotopic (exact) mass is 459 g/mol. The summed E-state index contributed by atoms with van der Waals surface area (Å²) in [6.07, 6.45) is 3.80. The summed E-state index contributed by atoms with van der Waals surface area (Å²) in [6, 6.07) is 14.4. The van der Waals surface area contributed by atoms with Gasteiger partial charge < -0.3 is 10.4 Å². The summed E-state index contributed by atoms with van der Waals surface area (Å²) in [5, 5.41) is 12.5.